The van der Waals surface area contributed by atoms with Crippen LogP contribution in [-0.4, -0.2) is 48.2 Å². The van der Waals surface area contributed by atoms with E-state index in [1.165, 1.54) is 0 Å². The van der Waals surface area contributed by atoms with Crippen LogP contribution in [0.15, 0.2) is 5.16 Å². The molecule has 1 unspecified atom stereocenters. The third-order valence-corrected chi connectivity index (χ3v) is 9.80. The smallest absolute Gasteiger partial charge is 0.142 e. The largest absolute Gasteiger partial charge is 0.396 e. The average Bonchev–Trinajstić information content (AvgIpc) is 3.36. The highest BCUT2D eigenvalue weighted by Gasteiger charge is 2.65. The van der Waals surface area contributed by atoms with Gasteiger partial charge in [-0.15, -0.1) is 0 Å². The fourth-order valence-electron chi connectivity index (χ4n) is 7.91. The predicted octanol–water partition coefficient (Wildman–Crippen LogP) is 2.73. The van der Waals surface area contributed by atoms with Crippen LogP contribution in [0.4, 0.5) is 0 Å². The Bertz CT molecular complexity index is 760. The number of ketones is 2. The van der Waals surface area contributed by atoms with Gasteiger partial charge in [0.2, 0.25) is 0 Å². The van der Waals surface area contributed by atoms with E-state index in [-0.39, 0.29) is 53.0 Å². The van der Waals surface area contributed by atoms with E-state index in [2.05, 4.69) is 24.3 Å². The number of carbonyl (C=O) groups is 2. The van der Waals surface area contributed by atoms with E-state index >= 15 is 0 Å². The van der Waals surface area contributed by atoms with Crippen molar-refractivity contribution in [2.75, 3.05) is 19.7 Å². The topological polar surface area (TPSA) is 88.0 Å². The van der Waals surface area contributed by atoms with Gasteiger partial charge in [-0.3, -0.25) is 9.59 Å². The minimum absolute atomic E-state index is 0.0207. The molecule has 5 aliphatic rings. The van der Waals surface area contributed by atoms with E-state index in [1.54, 1.807) is 0 Å². The summed E-state index contributed by atoms with van der Waals surface area (Å²) in [6, 6.07) is 0. The molecule has 5 fully saturated rings. The second-order valence-corrected chi connectivity index (χ2v) is 11.0. The lowest BCUT2D eigenvalue weighted by Gasteiger charge is -2.60. The molecule has 2 N–H and O–H groups in total. The van der Waals surface area contributed by atoms with E-state index in [4.69, 9.17) is 4.84 Å². The number of carbonyl (C=O) groups excluding carboxylic acids is 2. The van der Waals surface area contributed by atoms with E-state index in [1.807, 2.05) is 0 Å². The summed E-state index contributed by atoms with van der Waals surface area (Å²) >= 11 is 0. The summed E-state index contributed by atoms with van der Waals surface area (Å²) in [4.78, 5) is 32.1. The lowest BCUT2D eigenvalue weighted by molar-refractivity contribution is -0.166. The number of hydrogen-bond acceptors (Lipinski definition) is 6. The van der Waals surface area contributed by atoms with Crippen LogP contribution >= 0.6 is 0 Å². The van der Waals surface area contributed by atoms with Crippen LogP contribution < -0.4 is 5.32 Å². The molecule has 1 saturated heterocycles. The van der Waals surface area contributed by atoms with E-state index < -0.39 is 0 Å². The van der Waals surface area contributed by atoms with Crippen molar-refractivity contribution in [3.05, 3.63) is 0 Å². The van der Waals surface area contributed by atoms with Gasteiger partial charge in [-0.25, -0.2) is 0 Å². The van der Waals surface area contributed by atoms with Crippen LogP contribution in [0.25, 0.3) is 0 Å². The van der Waals surface area contributed by atoms with Crippen LogP contribution in [0, 0.1) is 40.4 Å². The van der Waals surface area contributed by atoms with Gasteiger partial charge < -0.3 is 15.3 Å². The Morgan fingerprint density at radius 1 is 1.10 bits per heavy atom. The maximum atomic E-state index is 13.7. The SMILES string of the molecule is C[C@]12CC/C(=N\O[C@H]3CCNC3)CC1[C@@H](CO)C(=O)[C@@H]1[C@@H]2CC[C@]2(C)C(=O)CC[C@@H]12. The highest BCUT2D eigenvalue weighted by Crippen LogP contribution is 2.65. The molecule has 1 aliphatic heterocycles. The highest BCUT2D eigenvalue weighted by atomic mass is 16.6. The highest BCUT2D eigenvalue weighted by molar-refractivity contribution is 5.93. The molecule has 5 rings (SSSR count). The number of rotatable bonds is 3. The number of nitrogens with one attached hydrogen (secondary N) is 1. The van der Waals surface area contributed by atoms with E-state index in [0.717, 1.165) is 63.7 Å². The van der Waals surface area contributed by atoms with Crippen LogP contribution in [0.2, 0.25) is 0 Å². The average molecular weight is 417 g/mol. The normalized spacial score (nSPS) is 49.6. The summed E-state index contributed by atoms with van der Waals surface area (Å²) < 4.78 is 0. The van der Waals surface area contributed by atoms with Crippen molar-refractivity contribution in [1.29, 1.82) is 0 Å². The molecule has 0 aromatic heterocycles. The van der Waals surface area contributed by atoms with Gasteiger partial charge in [0.25, 0.3) is 0 Å². The van der Waals surface area contributed by atoms with Crippen molar-refractivity contribution >= 4 is 17.3 Å². The third-order valence-electron chi connectivity index (χ3n) is 9.80. The Morgan fingerprint density at radius 2 is 1.93 bits per heavy atom. The molecule has 6 heteroatoms. The summed E-state index contributed by atoms with van der Waals surface area (Å²) in [5.74, 6) is 0.775. The Labute approximate surface area is 179 Å². The molecule has 166 valence electrons. The standard InChI is InChI=1S/C24H36N2O4/c1-23-8-5-14(26-30-15-7-10-25-12-15)11-19(23)16(13-27)22(29)21-17-3-4-20(28)24(17,2)9-6-18(21)23/h15-19,21,25,27H,3-13H2,1-2H3/b26-14+/t15-,16+,17-,18-,19?,21-,23+,24-/m0/s1. The van der Waals surface area contributed by atoms with Crippen molar-refractivity contribution in [3.8, 4) is 0 Å². The summed E-state index contributed by atoms with van der Waals surface area (Å²) in [6.45, 7) is 6.17. The van der Waals surface area contributed by atoms with Gasteiger partial charge in [-0.05, 0) is 68.2 Å². The lowest BCUT2D eigenvalue weighted by atomic mass is 9.43. The second-order valence-electron chi connectivity index (χ2n) is 11.0. The zero-order valence-corrected chi connectivity index (χ0v) is 18.4. The molecule has 0 spiro atoms. The van der Waals surface area contributed by atoms with Gasteiger partial charge in [0, 0.05) is 36.6 Å². The maximum Gasteiger partial charge on any atom is 0.142 e. The molecule has 0 aromatic rings. The number of fused-ring (bicyclic) bond motifs is 5. The Kier molecular flexibility index (Phi) is 5.09. The van der Waals surface area contributed by atoms with Crippen molar-refractivity contribution in [3.63, 3.8) is 0 Å². The molecule has 30 heavy (non-hydrogen) atoms. The Balaban J connectivity index is 1.42. The van der Waals surface area contributed by atoms with E-state index in [0.29, 0.717) is 18.1 Å². The summed E-state index contributed by atoms with van der Waals surface area (Å²) in [5, 5.41) is 18.1. The number of oxime groups is 1. The van der Waals surface area contributed by atoms with Gasteiger partial charge in [-0.1, -0.05) is 19.0 Å². The first-order chi connectivity index (χ1) is 14.4. The molecule has 4 aliphatic carbocycles. The summed E-state index contributed by atoms with van der Waals surface area (Å²) in [5.41, 5.74) is 0.739. The lowest BCUT2D eigenvalue weighted by Crippen LogP contribution is -2.61. The summed E-state index contributed by atoms with van der Waals surface area (Å²) in [7, 11) is 0. The summed E-state index contributed by atoms with van der Waals surface area (Å²) in [6.07, 6.45) is 7.10. The molecule has 0 amide bonds. The minimum Gasteiger partial charge on any atom is -0.396 e. The van der Waals surface area contributed by atoms with Gasteiger partial charge in [0.15, 0.2) is 0 Å². The van der Waals surface area contributed by atoms with Gasteiger partial charge in [-0.2, -0.15) is 0 Å². The van der Waals surface area contributed by atoms with Crippen LogP contribution in [0.5, 0.6) is 0 Å². The predicted molar refractivity (Wildman–Crippen MR) is 113 cm³/mol. The molecule has 8 atom stereocenters. The Morgan fingerprint density at radius 3 is 2.67 bits per heavy atom. The van der Waals surface area contributed by atoms with Gasteiger partial charge >= 0.3 is 0 Å². The first kappa shape index (κ1) is 20.6. The van der Waals surface area contributed by atoms with Crippen molar-refractivity contribution in [2.45, 2.75) is 71.3 Å². The molecular weight excluding hydrogens is 380 g/mol. The van der Waals surface area contributed by atoms with Gasteiger partial charge in [0.05, 0.1) is 12.3 Å². The number of nitrogens with zero attached hydrogens (tertiary/aromatic N) is 1. The monoisotopic (exact) mass is 416 g/mol. The van der Waals surface area contributed by atoms with Gasteiger partial charge in [0.1, 0.15) is 17.7 Å². The van der Waals surface area contributed by atoms with Crippen molar-refractivity contribution < 1.29 is 19.5 Å². The first-order valence-corrected chi connectivity index (χ1v) is 12.0. The molecule has 0 aromatic carbocycles. The number of aliphatic hydroxyl groups excluding tert-OH is 1. The molecular formula is C24H36N2O4. The molecule has 0 radical (unpaired) electrons. The van der Waals surface area contributed by atoms with E-state index in [9.17, 15) is 14.7 Å². The quantitative estimate of drug-likeness (QED) is 0.691. The molecule has 0 bridgehead atoms. The maximum absolute atomic E-state index is 13.7. The number of aliphatic hydroxyl groups is 1. The second kappa shape index (κ2) is 7.40. The fraction of sp³-hybridized carbons (Fsp3) is 0.875. The van der Waals surface area contributed by atoms with Crippen LogP contribution in [0.1, 0.15) is 65.2 Å². The zero-order valence-electron chi connectivity index (χ0n) is 18.4. The molecule has 4 saturated carbocycles. The molecule has 1 heterocycles. The Hall–Kier alpha value is -1.27. The minimum atomic E-state index is -0.340. The van der Waals surface area contributed by atoms with Crippen LogP contribution in [0.3, 0.4) is 0 Å². The zero-order chi connectivity index (χ0) is 21.1. The molecule has 6 nitrogen and oxygen atoms in total. The van der Waals surface area contributed by atoms with Crippen molar-refractivity contribution in [2.24, 2.45) is 45.6 Å². The fourth-order valence-corrected chi connectivity index (χ4v) is 7.91. The van der Waals surface area contributed by atoms with Crippen LogP contribution in [-0.2, 0) is 14.4 Å². The number of hydrogen-bond donors (Lipinski definition) is 2. The number of Topliss-reactive ketones (excluding diaryl/α,β-unsaturated/α-hetero) is 2. The first-order valence-electron chi connectivity index (χ1n) is 12.0. The third kappa shape index (κ3) is 2.93. The van der Waals surface area contributed by atoms with Crippen molar-refractivity contribution in [1.82, 2.24) is 5.32 Å².